The van der Waals surface area contributed by atoms with Crippen molar-refractivity contribution in [1.82, 2.24) is 9.97 Å². The van der Waals surface area contributed by atoms with Gasteiger partial charge in [0.2, 0.25) is 5.78 Å². The third kappa shape index (κ3) is 2.92. The molecule has 7 heteroatoms. The fourth-order valence-electron chi connectivity index (χ4n) is 4.63. The largest absolute Gasteiger partial charge is 0.465 e. The van der Waals surface area contributed by atoms with Crippen LogP contribution in [-0.4, -0.2) is 28.8 Å². The van der Waals surface area contributed by atoms with Crippen LogP contribution in [0, 0.1) is 5.92 Å². The van der Waals surface area contributed by atoms with E-state index in [2.05, 4.69) is 9.97 Å². The third-order valence-corrected chi connectivity index (χ3v) is 7.26. The van der Waals surface area contributed by atoms with E-state index in [0.29, 0.717) is 35.0 Å². The van der Waals surface area contributed by atoms with Gasteiger partial charge in [0, 0.05) is 10.8 Å². The number of carbonyl (C=O) groups is 2. The Morgan fingerprint density at radius 3 is 2.90 bits per heavy atom. The van der Waals surface area contributed by atoms with Gasteiger partial charge in [-0.3, -0.25) is 9.59 Å². The Hall–Kier alpha value is -2.80. The van der Waals surface area contributed by atoms with Crippen molar-refractivity contribution in [1.29, 1.82) is 0 Å². The average Bonchev–Trinajstić information content (AvgIpc) is 3.32. The molecule has 3 aromatic rings. The predicted octanol–water partition coefficient (Wildman–Crippen LogP) is 3.25. The number of fused-ring (bicyclic) bond motifs is 4. The maximum atomic E-state index is 13.2. The molecule has 0 spiro atoms. The first-order valence-electron chi connectivity index (χ1n) is 9.84. The zero-order valence-corrected chi connectivity index (χ0v) is 16.9. The summed E-state index contributed by atoms with van der Waals surface area (Å²) in [6.45, 7) is 0. The molecule has 29 heavy (non-hydrogen) atoms. The van der Waals surface area contributed by atoms with Crippen molar-refractivity contribution in [2.45, 2.75) is 38.5 Å². The lowest BCUT2D eigenvalue weighted by Gasteiger charge is -2.24. The van der Waals surface area contributed by atoms with E-state index in [0.717, 1.165) is 36.0 Å². The molecule has 1 aromatic carbocycles. The average molecular weight is 408 g/mol. The van der Waals surface area contributed by atoms with Gasteiger partial charge in [-0.05, 0) is 61.3 Å². The van der Waals surface area contributed by atoms with Gasteiger partial charge in [-0.1, -0.05) is 12.1 Å². The van der Waals surface area contributed by atoms with Crippen molar-refractivity contribution in [2.24, 2.45) is 5.92 Å². The maximum absolute atomic E-state index is 13.2. The SMILES string of the molecule is COC(=O)c1cccc2c1CC(C(=O)c1nc3sc4c(c3c(=O)[nH]1)CCC4)CC2. The van der Waals surface area contributed by atoms with Crippen LogP contribution in [0.4, 0.5) is 0 Å². The van der Waals surface area contributed by atoms with E-state index in [1.807, 2.05) is 12.1 Å². The number of methoxy groups -OCH3 is 1. The van der Waals surface area contributed by atoms with E-state index >= 15 is 0 Å². The van der Waals surface area contributed by atoms with Gasteiger partial charge < -0.3 is 9.72 Å². The molecule has 0 radical (unpaired) electrons. The highest BCUT2D eigenvalue weighted by molar-refractivity contribution is 7.18. The molecule has 0 bridgehead atoms. The molecule has 0 amide bonds. The Morgan fingerprint density at radius 2 is 2.07 bits per heavy atom. The summed E-state index contributed by atoms with van der Waals surface area (Å²) < 4.78 is 4.89. The number of H-pyrrole nitrogens is 1. The number of nitrogens with one attached hydrogen (secondary N) is 1. The molecule has 0 saturated carbocycles. The summed E-state index contributed by atoms with van der Waals surface area (Å²) in [5, 5.41) is 0.654. The molecule has 2 heterocycles. The minimum atomic E-state index is -0.393. The Balaban J connectivity index is 1.50. The normalized spacial score (nSPS) is 17.8. The molecule has 1 N–H and O–H groups in total. The molecule has 5 rings (SSSR count). The zero-order chi connectivity index (χ0) is 20.1. The summed E-state index contributed by atoms with van der Waals surface area (Å²) in [6.07, 6.45) is 4.77. The number of aromatic amines is 1. The van der Waals surface area contributed by atoms with Crippen molar-refractivity contribution >= 4 is 33.3 Å². The number of ether oxygens (including phenoxy) is 1. The number of hydrogen-bond acceptors (Lipinski definition) is 6. The number of carbonyl (C=O) groups excluding carboxylic acids is 2. The number of nitrogens with zero attached hydrogens (tertiary/aromatic N) is 1. The van der Waals surface area contributed by atoms with E-state index in [-0.39, 0.29) is 23.1 Å². The highest BCUT2D eigenvalue weighted by atomic mass is 32.1. The van der Waals surface area contributed by atoms with Crippen LogP contribution in [0.2, 0.25) is 0 Å². The number of thiophene rings is 1. The monoisotopic (exact) mass is 408 g/mol. The van der Waals surface area contributed by atoms with E-state index in [1.54, 1.807) is 6.07 Å². The van der Waals surface area contributed by atoms with Crippen molar-refractivity contribution in [2.75, 3.05) is 7.11 Å². The number of rotatable bonds is 3. The Morgan fingerprint density at radius 1 is 1.21 bits per heavy atom. The Labute approximate surface area is 170 Å². The smallest absolute Gasteiger partial charge is 0.338 e. The summed E-state index contributed by atoms with van der Waals surface area (Å²) in [5.41, 5.74) is 3.33. The van der Waals surface area contributed by atoms with E-state index < -0.39 is 5.97 Å². The lowest BCUT2D eigenvalue weighted by molar-refractivity contribution is 0.0597. The number of ketones is 1. The highest BCUT2D eigenvalue weighted by Gasteiger charge is 2.31. The number of Topliss-reactive ketones (excluding diaryl/α,β-unsaturated/α-hetero) is 1. The summed E-state index contributed by atoms with van der Waals surface area (Å²) in [6, 6.07) is 5.56. The standard InChI is InChI=1S/C22H20N2O4S/c1-28-22(27)13-5-2-4-11-8-9-12(10-15(11)13)18(25)19-23-20(26)17-14-6-3-7-16(14)29-21(17)24-19/h2,4-5,12H,3,6-10H2,1H3,(H,23,24,26). The molecule has 1 atom stereocenters. The van der Waals surface area contributed by atoms with Crippen LogP contribution in [-0.2, 0) is 30.4 Å². The second-order valence-electron chi connectivity index (χ2n) is 7.69. The van der Waals surface area contributed by atoms with Gasteiger partial charge in [-0.15, -0.1) is 11.3 Å². The van der Waals surface area contributed by atoms with Crippen LogP contribution in [0.3, 0.4) is 0 Å². The summed E-state index contributed by atoms with van der Waals surface area (Å²) in [4.78, 5) is 47.1. The van der Waals surface area contributed by atoms with E-state index in [1.165, 1.54) is 23.3 Å². The molecule has 6 nitrogen and oxygen atoms in total. The van der Waals surface area contributed by atoms with Crippen LogP contribution in [0.5, 0.6) is 0 Å². The molecule has 1 unspecified atom stereocenters. The van der Waals surface area contributed by atoms with Crippen LogP contribution in [0.1, 0.15) is 55.4 Å². The van der Waals surface area contributed by atoms with Crippen molar-refractivity contribution in [3.8, 4) is 0 Å². The Kier molecular flexibility index (Phi) is 4.35. The number of esters is 1. The van der Waals surface area contributed by atoms with Crippen LogP contribution in [0.25, 0.3) is 10.2 Å². The second-order valence-corrected chi connectivity index (χ2v) is 8.77. The van der Waals surface area contributed by atoms with Gasteiger partial charge in [0.15, 0.2) is 5.82 Å². The first-order chi connectivity index (χ1) is 14.1. The molecule has 2 aromatic heterocycles. The fraction of sp³-hybridized carbons (Fsp3) is 0.364. The second kappa shape index (κ2) is 6.91. The van der Waals surface area contributed by atoms with Gasteiger partial charge in [0.1, 0.15) is 4.83 Å². The minimum absolute atomic E-state index is 0.131. The van der Waals surface area contributed by atoms with Gasteiger partial charge in [0.25, 0.3) is 5.56 Å². The van der Waals surface area contributed by atoms with Crippen molar-refractivity contribution in [3.63, 3.8) is 0 Å². The summed E-state index contributed by atoms with van der Waals surface area (Å²) >= 11 is 1.53. The topological polar surface area (TPSA) is 89.1 Å². The van der Waals surface area contributed by atoms with E-state index in [4.69, 9.17) is 4.74 Å². The van der Waals surface area contributed by atoms with Crippen molar-refractivity contribution in [3.05, 3.63) is 61.5 Å². The molecular weight excluding hydrogens is 388 g/mol. The highest BCUT2D eigenvalue weighted by Crippen LogP contribution is 2.35. The number of hydrogen-bond donors (Lipinski definition) is 1. The molecule has 0 fully saturated rings. The number of aryl methyl sites for hydroxylation is 3. The van der Waals surface area contributed by atoms with Crippen LogP contribution in [0.15, 0.2) is 23.0 Å². The molecular formula is C22H20N2O4S. The molecule has 2 aliphatic rings. The quantitative estimate of drug-likeness (QED) is 0.531. The third-order valence-electron chi connectivity index (χ3n) is 6.07. The van der Waals surface area contributed by atoms with Gasteiger partial charge in [0.05, 0.1) is 18.1 Å². The van der Waals surface area contributed by atoms with Crippen molar-refractivity contribution < 1.29 is 14.3 Å². The first kappa shape index (κ1) is 18.2. The van der Waals surface area contributed by atoms with Crippen LogP contribution >= 0.6 is 11.3 Å². The molecule has 2 aliphatic carbocycles. The predicted molar refractivity (Wildman–Crippen MR) is 110 cm³/mol. The van der Waals surface area contributed by atoms with E-state index in [9.17, 15) is 14.4 Å². The number of benzene rings is 1. The lowest BCUT2D eigenvalue weighted by atomic mass is 9.79. The molecule has 0 saturated heterocycles. The summed E-state index contributed by atoms with van der Waals surface area (Å²) in [7, 11) is 1.36. The first-order valence-corrected chi connectivity index (χ1v) is 10.7. The van der Waals surface area contributed by atoms with Gasteiger partial charge >= 0.3 is 5.97 Å². The van der Waals surface area contributed by atoms with Gasteiger partial charge in [-0.25, -0.2) is 9.78 Å². The molecule has 148 valence electrons. The fourth-order valence-corrected chi connectivity index (χ4v) is 5.89. The Bertz CT molecular complexity index is 1220. The summed E-state index contributed by atoms with van der Waals surface area (Å²) in [5.74, 6) is -0.744. The zero-order valence-electron chi connectivity index (χ0n) is 16.0. The van der Waals surface area contributed by atoms with Crippen LogP contribution < -0.4 is 5.56 Å². The van der Waals surface area contributed by atoms with Gasteiger partial charge in [-0.2, -0.15) is 0 Å². The minimum Gasteiger partial charge on any atom is -0.465 e. The molecule has 0 aliphatic heterocycles. The lowest BCUT2D eigenvalue weighted by Crippen LogP contribution is -2.27. The number of aromatic nitrogens is 2. The maximum Gasteiger partial charge on any atom is 0.338 e.